The minimum absolute atomic E-state index is 0.00234. The molecule has 1 aliphatic heterocycles. The van der Waals surface area contributed by atoms with Crippen LogP contribution in [0.1, 0.15) is 71.0 Å². The molecule has 1 aliphatic rings. The van der Waals surface area contributed by atoms with Crippen molar-refractivity contribution in [2.24, 2.45) is 0 Å². The molecule has 1 aromatic heterocycles. The number of amides is 1. The zero-order valence-electron chi connectivity index (χ0n) is 19.0. The molecule has 3 rings (SSSR count). The van der Waals surface area contributed by atoms with E-state index in [2.05, 4.69) is 60.1 Å². The fourth-order valence-electron chi connectivity index (χ4n) is 4.03. The van der Waals surface area contributed by atoms with E-state index >= 15 is 0 Å². The Labute approximate surface area is 181 Å². The van der Waals surface area contributed by atoms with Gasteiger partial charge in [0.25, 0.3) is 0 Å². The summed E-state index contributed by atoms with van der Waals surface area (Å²) in [6, 6.07) is 14.9. The normalized spacial score (nSPS) is 18.2. The van der Waals surface area contributed by atoms with Crippen molar-refractivity contribution in [1.29, 1.82) is 0 Å². The van der Waals surface area contributed by atoms with Gasteiger partial charge in [-0.15, -0.1) is 0 Å². The molecule has 0 saturated carbocycles. The topological polar surface area (TPSA) is 45.7 Å². The third kappa shape index (κ3) is 5.39. The lowest BCUT2D eigenvalue weighted by atomic mass is 10.0. The Morgan fingerprint density at radius 3 is 2.63 bits per heavy atom. The van der Waals surface area contributed by atoms with Crippen LogP contribution >= 0.6 is 0 Å². The van der Waals surface area contributed by atoms with Crippen LogP contribution in [0.15, 0.2) is 48.7 Å². The van der Waals surface area contributed by atoms with Crippen molar-refractivity contribution in [3.05, 3.63) is 59.8 Å². The minimum Gasteiger partial charge on any atom is -0.443 e. The number of nitrogens with zero attached hydrogens (tertiary/aromatic N) is 3. The predicted octanol–water partition coefficient (Wildman–Crippen LogP) is 5.96. The number of benzene rings is 1. The molecule has 1 aromatic carbocycles. The number of ether oxygens (including phenoxy) is 1. The Morgan fingerprint density at radius 2 is 1.97 bits per heavy atom. The van der Waals surface area contributed by atoms with Crippen LogP contribution in [-0.4, -0.2) is 34.2 Å². The first-order valence-corrected chi connectivity index (χ1v) is 11.0. The molecule has 0 bridgehead atoms. The van der Waals surface area contributed by atoms with Crippen LogP contribution < -0.4 is 4.90 Å². The van der Waals surface area contributed by atoms with E-state index in [0.29, 0.717) is 0 Å². The summed E-state index contributed by atoms with van der Waals surface area (Å²) in [7, 11) is 0. The molecule has 0 spiro atoms. The van der Waals surface area contributed by atoms with Gasteiger partial charge in [0.1, 0.15) is 11.4 Å². The first-order chi connectivity index (χ1) is 14.3. The maximum atomic E-state index is 13.1. The van der Waals surface area contributed by atoms with Crippen LogP contribution in [0.3, 0.4) is 0 Å². The van der Waals surface area contributed by atoms with Crippen molar-refractivity contribution in [1.82, 2.24) is 9.88 Å². The minimum atomic E-state index is -0.551. The van der Waals surface area contributed by atoms with E-state index in [9.17, 15) is 4.79 Å². The monoisotopic (exact) mass is 409 g/mol. The van der Waals surface area contributed by atoms with Gasteiger partial charge in [0.2, 0.25) is 0 Å². The zero-order chi connectivity index (χ0) is 21.7. The van der Waals surface area contributed by atoms with Crippen LogP contribution in [0.4, 0.5) is 10.6 Å². The fourth-order valence-corrected chi connectivity index (χ4v) is 4.03. The van der Waals surface area contributed by atoms with Gasteiger partial charge in [-0.1, -0.05) is 43.3 Å². The van der Waals surface area contributed by atoms with Crippen molar-refractivity contribution in [3.8, 4) is 0 Å². The van der Waals surface area contributed by atoms with Crippen molar-refractivity contribution >= 4 is 11.9 Å². The predicted molar refractivity (Wildman–Crippen MR) is 122 cm³/mol. The van der Waals surface area contributed by atoms with E-state index in [4.69, 9.17) is 4.74 Å². The summed E-state index contributed by atoms with van der Waals surface area (Å²) in [4.78, 5) is 22.1. The van der Waals surface area contributed by atoms with Crippen LogP contribution in [-0.2, 0) is 11.3 Å². The summed E-state index contributed by atoms with van der Waals surface area (Å²) in [5.41, 5.74) is 1.86. The highest BCUT2D eigenvalue weighted by molar-refractivity contribution is 5.88. The van der Waals surface area contributed by atoms with E-state index in [1.807, 2.05) is 26.8 Å². The van der Waals surface area contributed by atoms with E-state index in [-0.39, 0.29) is 18.2 Å². The number of pyridine rings is 1. The second-order valence-corrected chi connectivity index (χ2v) is 9.14. The van der Waals surface area contributed by atoms with Crippen LogP contribution in [0.5, 0.6) is 0 Å². The van der Waals surface area contributed by atoms with Gasteiger partial charge in [-0.05, 0) is 65.1 Å². The van der Waals surface area contributed by atoms with Crippen LogP contribution in [0.25, 0.3) is 0 Å². The summed E-state index contributed by atoms with van der Waals surface area (Å²) in [5, 5.41) is 0. The van der Waals surface area contributed by atoms with E-state index < -0.39 is 5.60 Å². The third-order valence-corrected chi connectivity index (χ3v) is 5.62. The smallest absolute Gasteiger partial charge is 0.416 e. The lowest BCUT2D eigenvalue weighted by Gasteiger charge is -2.34. The van der Waals surface area contributed by atoms with E-state index in [0.717, 1.165) is 43.7 Å². The van der Waals surface area contributed by atoms with E-state index in [1.165, 1.54) is 5.56 Å². The quantitative estimate of drug-likeness (QED) is 0.591. The molecule has 1 fully saturated rings. The molecule has 2 aromatic rings. The Hall–Kier alpha value is -2.40. The Bertz CT molecular complexity index is 832. The lowest BCUT2D eigenvalue weighted by Crippen LogP contribution is -2.43. The number of anilines is 1. The summed E-state index contributed by atoms with van der Waals surface area (Å²) < 4.78 is 5.75. The maximum absolute atomic E-state index is 13.1. The molecular weight excluding hydrogens is 374 g/mol. The van der Waals surface area contributed by atoms with Gasteiger partial charge in [0.15, 0.2) is 0 Å². The summed E-state index contributed by atoms with van der Waals surface area (Å²) in [6.45, 7) is 11.8. The molecule has 5 nitrogen and oxygen atoms in total. The second-order valence-electron chi connectivity index (χ2n) is 9.14. The average Bonchev–Trinajstić information content (AvgIpc) is 3.15. The summed E-state index contributed by atoms with van der Waals surface area (Å²) >= 11 is 0. The van der Waals surface area contributed by atoms with Crippen LogP contribution in [0, 0.1) is 0 Å². The van der Waals surface area contributed by atoms with Crippen LogP contribution in [0.2, 0.25) is 0 Å². The van der Waals surface area contributed by atoms with Gasteiger partial charge in [-0.3, -0.25) is 9.80 Å². The van der Waals surface area contributed by atoms with Gasteiger partial charge in [-0.2, -0.15) is 0 Å². The van der Waals surface area contributed by atoms with Gasteiger partial charge in [0, 0.05) is 30.4 Å². The lowest BCUT2D eigenvalue weighted by molar-refractivity contribution is 0.0565. The number of rotatable bonds is 6. The molecule has 5 heteroatoms. The molecule has 2 heterocycles. The van der Waals surface area contributed by atoms with Gasteiger partial charge < -0.3 is 4.74 Å². The number of carbonyl (C=O) groups excluding carboxylic acids is 1. The van der Waals surface area contributed by atoms with Gasteiger partial charge in [0.05, 0.1) is 0 Å². The van der Waals surface area contributed by atoms with Crippen molar-refractivity contribution in [2.45, 2.75) is 78.1 Å². The molecule has 1 amide bonds. The van der Waals surface area contributed by atoms with Crippen molar-refractivity contribution in [2.75, 3.05) is 11.4 Å². The first kappa shape index (κ1) is 22.3. The highest BCUT2D eigenvalue weighted by Crippen LogP contribution is 2.38. The highest BCUT2D eigenvalue weighted by atomic mass is 16.6. The summed E-state index contributed by atoms with van der Waals surface area (Å²) in [6.07, 6.45) is 4.47. The highest BCUT2D eigenvalue weighted by Gasteiger charge is 2.34. The number of carbonyl (C=O) groups is 1. The molecule has 0 unspecified atom stereocenters. The second kappa shape index (κ2) is 9.61. The number of likely N-dealkylation sites (tertiary alicyclic amines) is 1. The summed E-state index contributed by atoms with van der Waals surface area (Å²) in [5.74, 6) is 0.728. The van der Waals surface area contributed by atoms with Gasteiger partial charge >= 0.3 is 6.09 Å². The molecule has 30 heavy (non-hydrogen) atoms. The largest absolute Gasteiger partial charge is 0.443 e. The number of hydrogen-bond donors (Lipinski definition) is 0. The van der Waals surface area contributed by atoms with Crippen molar-refractivity contribution < 1.29 is 9.53 Å². The first-order valence-electron chi connectivity index (χ1n) is 11.0. The third-order valence-electron chi connectivity index (χ3n) is 5.62. The zero-order valence-corrected chi connectivity index (χ0v) is 19.0. The maximum Gasteiger partial charge on any atom is 0.416 e. The van der Waals surface area contributed by atoms with Gasteiger partial charge in [-0.25, -0.2) is 9.78 Å². The number of hydrogen-bond acceptors (Lipinski definition) is 4. The average molecular weight is 410 g/mol. The Morgan fingerprint density at radius 1 is 1.23 bits per heavy atom. The molecule has 0 radical (unpaired) electrons. The molecule has 1 saturated heterocycles. The molecule has 0 N–H and O–H groups in total. The Balaban J connectivity index is 1.93. The SMILES string of the molecule is CC[C@H](C)N(C(=O)OC(C)(C)C)c1ncccc1[C@H]1CCCN1Cc1ccccc1. The molecule has 0 aliphatic carbocycles. The molecular formula is C25H35N3O2. The standard InChI is InChI=1S/C25H35N3O2/c1-6-19(2)28(24(29)30-25(3,4)5)23-21(14-10-16-26-23)22-15-11-17-27(22)18-20-12-8-7-9-13-20/h7-10,12-14,16,19,22H,6,11,15,17-18H2,1-5H3/t19-,22+/m0/s1. The molecule has 2 atom stereocenters. The van der Waals surface area contributed by atoms with E-state index in [1.54, 1.807) is 11.1 Å². The fraction of sp³-hybridized carbons (Fsp3) is 0.520. The van der Waals surface area contributed by atoms with Crippen molar-refractivity contribution in [3.63, 3.8) is 0 Å². The number of aromatic nitrogens is 1. The molecule has 162 valence electrons. The Kier molecular flexibility index (Phi) is 7.14.